The molecule has 0 spiro atoms. The molecule has 0 aliphatic heterocycles. The molecule has 1 aromatic heterocycles. The van der Waals surface area contributed by atoms with Gasteiger partial charge in [-0.25, -0.2) is 0 Å². The monoisotopic (exact) mass is 438 g/mol. The summed E-state index contributed by atoms with van der Waals surface area (Å²) < 4.78 is 0. The second-order valence-corrected chi connectivity index (χ2v) is 6.46. The van der Waals surface area contributed by atoms with Crippen LogP contribution in [0.4, 0.5) is 17.1 Å². The van der Waals surface area contributed by atoms with Gasteiger partial charge in [-0.05, 0) is 12.1 Å². The minimum absolute atomic E-state index is 0.0690. The van der Waals surface area contributed by atoms with Crippen molar-refractivity contribution in [2.75, 3.05) is 5.32 Å². The summed E-state index contributed by atoms with van der Waals surface area (Å²) in [5.74, 6) is -0.801. The highest BCUT2D eigenvalue weighted by Crippen LogP contribution is 2.28. The van der Waals surface area contributed by atoms with Gasteiger partial charge in [-0.15, -0.1) is 0 Å². The SMILES string of the molecule is N#C/C(=C\c1cn[nH]c1-c1cccc([N+](=O)[O-])c1)C(=O)Nc1ccc([N+](=O)[O-])cc1Cl. The summed E-state index contributed by atoms with van der Waals surface area (Å²) in [6, 6.07) is 11.0. The Labute approximate surface area is 178 Å². The second-order valence-electron chi connectivity index (χ2n) is 6.05. The van der Waals surface area contributed by atoms with E-state index in [0.29, 0.717) is 16.8 Å². The molecule has 11 nitrogen and oxygen atoms in total. The summed E-state index contributed by atoms with van der Waals surface area (Å²) >= 11 is 5.96. The summed E-state index contributed by atoms with van der Waals surface area (Å²) in [5, 5.41) is 40.1. The van der Waals surface area contributed by atoms with Crippen molar-refractivity contribution < 1.29 is 14.6 Å². The lowest BCUT2D eigenvalue weighted by Crippen LogP contribution is -2.13. The number of nitriles is 1. The number of nitro groups is 2. The molecule has 0 aliphatic carbocycles. The van der Waals surface area contributed by atoms with E-state index in [0.717, 1.165) is 12.1 Å². The number of benzene rings is 2. The van der Waals surface area contributed by atoms with E-state index >= 15 is 0 Å². The number of halogens is 1. The van der Waals surface area contributed by atoms with E-state index in [1.807, 2.05) is 0 Å². The molecule has 0 aliphatic rings. The van der Waals surface area contributed by atoms with Gasteiger partial charge < -0.3 is 5.32 Å². The number of anilines is 1. The Morgan fingerprint density at radius 3 is 2.52 bits per heavy atom. The molecule has 0 atom stereocenters. The van der Waals surface area contributed by atoms with Crippen LogP contribution in [0.2, 0.25) is 5.02 Å². The van der Waals surface area contributed by atoms with E-state index < -0.39 is 15.8 Å². The van der Waals surface area contributed by atoms with Gasteiger partial charge in [0.15, 0.2) is 0 Å². The first-order valence-electron chi connectivity index (χ1n) is 8.45. The Morgan fingerprint density at radius 2 is 1.87 bits per heavy atom. The molecule has 1 heterocycles. The number of aromatic amines is 1. The summed E-state index contributed by atoms with van der Waals surface area (Å²) in [7, 11) is 0. The molecule has 0 saturated carbocycles. The standard InChI is InChI=1S/C19H11ClN6O5/c20-16-8-15(26(30)31)4-5-17(16)23-19(27)12(9-21)6-13-10-22-24-18(13)11-2-1-3-14(7-11)25(28)29/h1-8,10H,(H,22,24)(H,23,27)/b12-6+. The number of aromatic nitrogens is 2. The minimum Gasteiger partial charge on any atom is -0.320 e. The number of nitrogens with zero attached hydrogens (tertiary/aromatic N) is 4. The number of H-pyrrole nitrogens is 1. The Balaban J connectivity index is 1.90. The maximum Gasteiger partial charge on any atom is 0.271 e. The van der Waals surface area contributed by atoms with Crippen LogP contribution in [0.1, 0.15) is 5.56 Å². The van der Waals surface area contributed by atoms with E-state index in [1.54, 1.807) is 12.1 Å². The number of hydrogen-bond acceptors (Lipinski definition) is 7. The number of nitrogens with one attached hydrogen (secondary N) is 2. The topological polar surface area (TPSA) is 168 Å². The molecule has 0 unspecified atom stereocenters. The van der Waals surface area contributed by atoms with Gasteiger partial charge in [-0.2, -0.15) is 10.4 Å². The van der Waals surface area contributed by atoms with E-state index in [9.17, 15) is 30.3 Å². The third kappa shape index (κ3) is 4.72. The van der Waals surface area contributed by atoms with Crippen LogP contribution in [0.3, 0.4) is 0 Å². The molecule has 31 heavy (non-hydrogen) atoms. The Morgan fingerprint density at radius 1 is 1.16 bits per heavy atom. The van der Waals surface area contributed by atoms with Crippen molar-refractivity contribution >= 4 is 40.6 Å². The van der Waals surface area contributed by atoms with Crippen molar-refractivity contribution in [2.24, 2.45) is 0 Å². The number of rotatable bonds is 6. The lowest BCUT2D eigenvalue weighted by atomic mass is 10.1. The van der Waals surface area contributed by atoms with Crippen molar-refractivity contribution in [1.82, 2.24) is 10.2 Å². The predicted molar refractivity (Wildman–Crippen MR) is 111 cm³/mol. The molecular formula is C19H11ClN6O5. The molecule has 3 rings (SSSR count). The van der Waals surface area contributed by atoms with Crippen LogP contribution in [-0.4, -0.2) is 26.0 Å². The van der Waals surface area contributed by atoms with E-state index in [-0.39, 0.29) is 27.7 Å². The third-order valence-corrected chi connectivity index (χ3v) is 4.40. The van der Waals surface area contributed by atoms with Gasteiger partial charge in [-0.3, -0.25) is 30.1 Å². The molecule has 2 N–H and O–H groups in total. The van der Waals surface area contributed by atoms with Crippen LogP contribution in [0.5, 0.6) is 0 Å². The maximum atomic E-state index is 12.5. The number of carbonyl (C=O) groups excluding carboxylic acids is 1. The fraction of sp³-hybridized carbons (Fsp3) is 0. The zero-order valence-electron chi connectivity index (χ0n) is 15.4. The largest absolute Gasteiger partial charge is 0.320 e. The van der Waals surface area contributed by atoms with Gasteiger partial charge in [0.1, 0.15) is 11.6 Å². The molecule has 12 heteroatoms. The highest BCUT2D eigenvalue weighted by Gasteiger charge is 2.17. The number of amides is 1. The van der Waals surface area contributed by atoms with Gasteiger partial charge in [0.2, 0.25) is 0 Å². The zero-order valence-corrected chi connectivity index (χ0v) is 16.2. The minimum atomic E-state index is -0.801. The van der Waals surface area contributed by atoms with Gasteiger partial charge in [0.05, 0.1) is 32.4 Å². The summed E-state index contributed by atoms with van der Waals surface area (Å²) in [4.78, 5) is 33.1. The lowest BCUT2D eigenvalue weighted by molar-refractivity contribution is -0.385. The summed E-state index contributed by atoms with van der Waals surface area (Å²) in [6.07, 6.45) is 2.62. The fourth-order valence-corrected chi connectivity index (χ4v) is 2.85. The quantitative estimate of drug-likeness (QED) is 0.252. The molecule has 0 saturated heterocycles. The first-order valence-corrected chi connectivity index (χ1v) is 8.83. The van der Waals surface area contributed by atoms with Gasteiger partial charge in [0, 0.05) is 35.4 Å². The Kier molecular flexibility index (Phi) is 6.04. The maximum absolute atomic E-state index is 12.5. The lowest BCUT2D eigenvalue weighted by Gasteiger charge is -2.06. The van der Waals surface area contributed by atoms with E-state index in [2.05, 4.69) is 15.5 Å². The highest BCUT2D eigenvalue weighted by molar-refractivity contribution is 6.34. The molecule has 3 aromatic rings. The number of non-ortho nitro benzene ring substituents is 2. The zero-order chi connectivity index (χ0) is 22.5. The van der Waals surface area contributed by atoms with Crippen LogP contribution < -0.4 is 5.32 Å². The second kappa shape index (κ2) is 8.85. The normalized spacial score (nSPS) is 10.9. The smallest absolute Gasteiger partial charge is 0.271 e. The van der Waals surface area contributed by atoms with Gasteiger partial charge in [0.25, 0.3) is 17.3 Å². The van der Waals surface area contributed by atoms with E-state index in [1.165, 1.54) is 36.5 Å². The average Bonchev–Trinajstić information content (AvgIpc) is 3.21. The first-order chi connectivity index (χ1) is 14.8. The molecule has 154 valence electrons. The molecule has 0 fully saturated rings. The fourth-order valence-electron chi connectivity index (χ4n) is 2.62. The van der Waals surface area contributed by atoms with Crippen molar-refractivity contribution in [3.8, 4) is 17.3 Å². The summed E-state index contributed by atoms with van der Waals surface area (Å²) in [5.41, 5.74) is 0.563. The molecule has 2 aromatic carbocycles. The Hall–Kier alpha value is -4.56. The van der Waals surface area contributed by atoms with Crippen molar-refractivity contribution in [3.05, 3.63) is 85.0 Å². The number of nitro benzene ring substituents is 2. The van der Waals surface area contributed by atoms with E-state index in [4.69, 9.17) is 11.6 Å². The van der Waals surface area contributed by atoms with Crippen molar-refractivity contribution in [2.45, 2.75) is 0 Å². The Bertz CT molecular complexity index is 1280. The van der Waals surface area contributed by atoms with Crippen LogP contribution >= 0.6 is 11.6 Å². The molecule has 0 radical (unpaired) electrons. The van der Waals surface area contributed by atoms with Crippen LogP contribution in [0, 0.1) is 31.6 Å². The first kappa shape index (κ1) is 21.2. The molecule has 0 bridgehead atoms. The highest BCUT2D eigenvalue weighted by atomic mass is 35.5. The van der Waals surface area contributed by atoms with Gasteiger partial charge in [-0.1, -0.05) is 23.7 Å². The molecule has 1 amide bonds. The number of carbonyl (C=O) groups is 1. The van der Waals surface area contributed by atoms with Crippen LogP contribution in [-0.2, 0) is 4.79 Å². The predicted octanol–water partition coefficient (Wildman–Crippen LogP) is 4.09. The van der Waals surface area contributed by atoms with Crippen molar-refractivity contribution in [3.63, 3.8) is 0 Å². The van der Waals surface area contributed by atoms with Crippen LogP contribution in [0.15, 0.2) is 54.2 Å². The van der Waals surface area contributed by atoms with Gasteiger partial charge >= 0.3 is 0 Å². The van der Waals surface area contributed by atoms with Crippen molar-refractivity contribution in [1.29, 1.82) is 5.26 Å². The summed E-state index contributed by atoms with van der Waals surface area (Å²) in [6.45, 7) is 0. The third-order valence-electron chi connectivity index (χ3n) is 4.09. The van der Waals surface area contributed by atoms with Crippen LogP contribution in [0.25, 0.3) is 17.3 Å². The average molecular weight is 439 g/mol. The number of hydrogen-bond donors (Lipinski definition) is 2. The molecular weight excluding hydrogens is 428 g/mol.